The zero-order valence-electron chi connectivity index (χ0n) is 18.5. The number of nitrogens with one attached hydrogen (secondary N) is 1. The summed E-state index contributed by atoms with van der Waals surface area (Å²) in [5, 5.41) is 2.50. The molecule has 1 amide bonds. The summed E-state index contributed by atoms with van der Waals surface area (Å²) < 4.78 is 45.7. The lowest BCUT2D eigenvalue weighted by Crippen LogP contribution is -2.31. The number of amides is 1. The third kappa shape index (κ3) is 7.36. The maximum absolute atomic E-state index is 13.5. The van der Waals surface area contributed by atoms with Gasteiger partial charge in [-0.15, -0.1) is 0 Å². The molecule has 9 heteroatoms. The Kier molecular flexibility index (Phi) is 8.96. The number of hydrogen-bond donors (Lipinski definition) is 1. The quantitative estimate of drug-likeness (QED) is 0.561. The predicted octanol–water partition coefficient (Wildman–Crippen LogP) is 3.18. The van der Waals surface area contributed by atoms with Crippen LogP contribution in [0.5, 0.6) is 0 Å². The molecule has 33 heavy (non-hydrogen) atoms. The Bertz CT molecular complexity index is 1050. The van der Waals surface area contributed by atoms with Crippen LogP contribution in [0.3, 0.4) is 0 Å². The van der Waals surface area contributed by atoms with E-state index >= 15 is 0 Å². The number of esters is 1. The smallest absolute Gasteiger partial charge is 0.306 e. The molecular formula is C24H29FN2O5S. The minimum atomic E-state index is -3.51. The number of aryl methyl sites for hydroxylation is 1. The van der Waals surface area contributed by atoms with Crippen molar-refractivity contribution in [1.82, 2.24) is 9.62 Å². The van der Waals surface area contributed by atoms with Crippen molar-refractivity contribution in [3.8, 4) is 0 Å². The lowest BCUT2D eigenvalue weighted by atomic mass is 10.1. The van der Waals surface area contributed by atoms with Crippen molar-refractivity contribution in [2.45, 2.75) is 50.0 Å². The van der Waals surface area contributed by atoms with Crippen LogP contribution in [-0.4, -0.2) is 44.3 Å². The second-order valence-electron chi connectivity index (χ2n) is 7.99. The van der Waals surface area contributed by atoms with Gasteiger partial charge in [-0.05, 0) is 43.0 Å². The highest BCUT2D eigenvalue weighted by molar-refractivity contribution is 7.89. The third-order valence-electron chi connectivity index (χ3n) is 5.54. The highest BCUT2D eigenvalue weighted by atomic mass is 32.2. The Morgan fingerprint density at radius 1 is 0.970 bits per heavy atom. The highest BCUT2D eigenvalue weighted by Gasteiger charge is 2.24. The van der Waals surface area contributed by atoms with E-state index in [0.717, 1.165) is 31.2 Å². The molecule has 1 heterocycles. The first-order valence-electron chi connectivity index (χ1n) is 11.1. The van der Waals surface area contributed by atoms with Crippen molar-refractivity contribution < 1.29 is 27.1 Å². The first-order valence-corrected chi connectivity index (χ1v) is 12.5. The molecule has 1 saturated heterocycles. The molecule has 3 rings (SSSR count). The third-order valence-corrected chi connectivity index (χ3v) is 7.45. The van der Waals surface area contributed by atoms with E-state index in [4.69, 9.17) is 4.74 Å². The van der Waals surface area contributed by atoms with Crippen molar-refractivity contribution in [3.05, 3.63) is 65.5 Å². The molecule has 1 aliphatic rings. The van der Waals surface area contributed by atoms with Gasteiger partial charge in [0.2, 0.25) is 10.0 Å². The molecule has 0 saturated carbocycles. The van der Waals surface area contributed by atoms with Gasteiger partial charge >= 0.3 is 5.97 Å². The Morgan fingerprint density at radius 3 is 2.30 bits per heavy atom. The summed E-state index contributed by atoms with van der Waals surface area (Å²) >= 11 is 0. The van der Waals surface area contributed by atoms with Crippen LogP contribution < -0.4 is 5.32 Å². The molecule has 0 spiro atoms. The van der Waals surface area contributed by atoms with Crippen molar-refractivity contribution in [2.24, 2.45) is 0 Å². The van der Waals surface area contributed by atoms with Crippen molar-refractivity contribution in [2.75, 3.05) is 19.7 Å². The number of rotatable bonds is 9. The molecule has 0 atom stereocenters. The van der Waals surface area contributed by atoms with E-state index in [-0.39, 0.29) is 17.9 Å². The SMILES string of the molecule is O=C(COC(=O)CCc1ccc(S(=O)(=O)N2CCCCCC2)cc1)NCc1ccccc1F. The number of halogens is 1. The van der Waals surface area contributed by atoms with E-state index in [1.54, 1.807) is 46.8 Å². The van der Waals surface area contributed by atoms with E-state index in [1.807, 2.05) is 0 Å². The molecule has 0 aliphatic carbocycles. The number of carbonyl (C=O) groups excluding carboxylic acids is 2. The standard InChI is InChI=1S/C24H29FN2O5S/c25-22-8-4-3-7-20(22)17-26-23(28)18-32-24(29)14-11-19-9-12-21(13-10-19)33(30,31)27-15-5-1-2-6-16-27/h3-4,7-10,12-13H,1-2,5-6,11,14-18H2,(H,26,28). The van der Waals surface area contributed by atoms with Crippen LogP contribution in [0.1, 0.15) is 43.2 Å². The van der Waals surface area contributed by atoms with Crippen molar-refractivity contribution in [3.63, 3.8) is 0 Å². The summed E-state index contributed by atoms with van der Waals surface area (Å²) in [6, 6.07) is 12.6. The molecule has 7 nitrogen and oxygen atoms in total. The molecular weight excluding hydrogens is 447 g/mol. The number of ether oxygens (including phenoxy) is 1. The molecule has 1 N–H and O–H groups in total. The Balaban J connectivity index is 1.42. The molecule has 0 radical (unpaired) electrons. The van der Waals surface area contributed by atoms with Crippen LogP contribution in [-0.2, 0) is 37.3 Å². The lowest BCUT2D eigenvalue weighted by Gasteiger charge is -2.20. The fraction of sp³-hybridized carbons (Fsp3) is 0.417. The van der Waals surface area contributed by atoms with Gasteiger partial charge in [0.05, 0.1) is 4.90 Å². The zero-order valence-corrected chi connectivity index (χ0v) is 19.3. The molecule has 1 fully saturated rings. The van der Waals surface area contributed by atoms with E-state index in [9.17, 15) is 22.4 Å². The molecule has 0 unspecified atom stereocenters. The van der Waals surface area contributed by atoms with Crippen molar-refractivity contribution >= 4 is 21.9 Å². The first-order chi connectivity index (χ1) is 15.9. The number of hydrogen-bond acceptors (Lipinski definition) is 5. The number of sulfonamides is 1. The molecule has 1 aliphatic heterocycles. The van der Waals surface area contributed by atoms with Crippen LogP contribution in [0, 0.1) is 5.82 Å². The summed E-state index contributed by atoms with van der Waals surface area (Å²) in [6.07, 6.45) is 4.27. The minimum Gasteiger partial charge on any atom is -0.456 e. The number of benzene rings is 2. The van der Waals surface area contributed by atoms with Gasteiger partial charge in [0.1, 0.15) is 5.82 Å². The predicted molar refractivity (Wildman–Crippen MR) is 121 cm³/mol. The van der Waals surface area contributed by atoms with E-state index in [2.05, 4.69) is 5.32 Å². The Morgan fingerprint density at radius 2 is 1.64 bits per heavy atom. The van der Waals surface area contributed by atoms with Crippen molar-refractivity contribution in [1.29, 1.82) is 0 Å². The van der Waals surface area contributed by atoms with Gasteiger partial charge in [-0.1, -0.05) is 43.2 Å². The Labute approximate surface area is 194 Å². The summed E-state index contributed by atoms with van der Waals surface area (Å²) in [7, 11) is -3.51. The summed E-state index contributed by atoms with van der Waals surface area (Å²) in [5.41, 5.74) is 1.14. The monoisotopic (exact) mass is 476 g/mol. The van der Waals surface area contributed by atoms with Gasteiger partial charge < -0.3 is 10.1 Å². The van der Waals surface area contributed by atoms with Gasteiger partial charge in [0.15, 0.2) is 6.61 Å². The van der Waals surface area contributed by atoms with Crippen LogP contribution in [0.4, 0.5) is 4.39 Å². The maximum Gasteiger partial charge on any atom is 0.306 e. The fourth-order valence-electron chi connectivity index (χ4n) is 3.61. The molecule has 178 valence electrons. The number of carbonyl (C=O) groups is 2. The second kappa shape index (κ2) is 11.9. The molecule has 2 aromatic rings. The average Bonchev–Trinajstić information content (AvgIpc) is 3.11. The van der Waals surface area contributed by atoms with Crippen LogP contribution in [0.15, 0.2) is 53.4 Å². The summed E-state index contributed by atoms with van der Waals surface area (Å²) in [6.45, 7) is 0.656. The van der Waals surface area contributed by atoms with Gasteiger partial charge in [0.25, 0.3) is 5.91 Å². The normalized spacial score (nSPS) is 14.9. The average molecular weight is 477 g/mol. The first kappa shape index (κ1) is 24.9. The number of nitrogens with zero attached hydrogens (tertiary/aromatic N) is 1. The second-order valence-corrected chi connectivity index (χ2v) is 9.93. The lowest BCUT2D eigenvalue weighted by molar-refractivity contribution is -0.148. The maximum atomic E-state index is 13.5. The van der Waals surface area contributed by atoms with E-state index in [0.29, 0.717) is 25.1 Å². The van der Waals surface area contributed by atoms with Crippen LogP contribution in [0.25, 0.3) is 0 Å². The largest absolute Gasteiger partial charge is 0.456 e. The fourth-order valence-corrected chi connectivity index (χ4v) is 5.13. The minimum absolute atomic E-state index is 0.00966. The molecule has 2 aromatic carbocycles. The van der Waals surface area contributed by atoms with Gasteiger partial charge in [0, 0.05) is 31.6 Å². The summed E-state index contributed by atoms with van der Waals surface area (Å²) in [4.78, 5) is 24.0. The van der Waals surface area contributed by atoms with E-state index in [1.165, 1.54) is 6.07 Å². The van der Waals surface area contributed by atoms with Gasteiger partial charge in [-0.3, -0.25) is 9.59 Å². The highest BCUT2D eigenvalue weighted by Crippen LogP contribution is 2.21. The molecule has 0 bridgehead atoms. The zero-order chi connectivity index (χ0) is 23.7. The van der Waals surface area contributed by atoms with Gasteiger partial charge in [-0.25, -0.2) is 12.8 Å². The Hall–Kier alpha value is -2.78. The summed E-state index contributed by atoms with van der Waals surface area (Å²) in [5.74, 6) is -1.48. The topological polar surface area (TPSA) is 92.8 Å². The van der Waals surface area contributed by atoms with Crippen LogP contribution >= 0.6 is 0 Å². The van der Waals surface area contributed by atoms with Gasteiger partial charge in [-0.2, -0.15) is 4.31 Å². The van der Waals surface area contributed by atoms with Crippen LogP contribution in [0.2, 0.25) is 0 Å². The molecule has 0 aromatic heterocycles. The van der Waals surface area contributed by atoms with E-state index < -0.39 is 34.3 Å².